The van der Waals surface area contributed by atoms with Gasteiger partial charge in [-0.05, 0) is 0 Å². The van der Waals surface area contributed by atoms with Gasteiger partial charge < -0.3 is 0 Å². The van der Waals surface area contributed by atoms with Crippen LogP contribution in [0.2, 0.25) is 0 Å². The summed E-state index contributed by atoms with van der Waals surface area (Å²) >= 11 is 4.14. The fourth-order valence-electron chi connectivity index (χ4n) is 5.47. The van der Waals surface area contributed by atoms with E-state index in [0.29, 0.717) is 0 Å². The third kappa shape index (κ3) is 5.44. The van der Waals surface area contributed by atoms with Gasteiger partial charge in [0.15, 0.2) is 0 Å². The molecule has 3 fully saturated rings. The number of H-pyrrole nitrogens is 1. The van der Waals surface area contributed by atoms with Gasteiger partial charge in [0, 0.05) is 0 Å². The summed E-state index contributed by atoms with van der Waals surface area (Å²) in [6, 6.07) is 0. The number of thiol groups is 1. The van der Waals surface area contributed by atoms with Crippen LogP contribution in [0.15, 0.2) is 30.0 Å². The molecule has 9 atom stereocenters. The normalized spacial score (nSPS) is 36.3. The number of phosphoric ester groups is 1. The summed E-state index contributed by atoms with van der Waals surface area (Å²) in [5.41, 5.74) is 5.25. The summed E-state index contributed by atoms with van der Waals surface area (Å²) < 4.78 is 63.7. The number of phosphoric acid groups is 1. The molecule has 24 heteroatoms. The first kappa shape index (κ1) is 30.9. The van der Waals surface area contributed by atoms with Crippen LogP contribution in [0.5, 0.6) is 0 Å². The van der Waals surface area contributed by atoms with E-state index in [1.54, 1.807) is 0 Å². The van der Waals surface area contributed by atoms with Crippen LogP contribution in [-0.2, 0) is 32.1 Å². The molecule has 4 aromatic rings. The van der Waals surface area contributed by atoms with E-state index in [1.807, 2.05) is 0 Å². The molecule has 2 bridgehead atoms. The molecule has 0 amide bonds. The number of aromatic amines is 1. The number of imidazole rings is 1. The zero-order chi connectivity index (χ0) is 31.8. The minimum atomic E-state index is -5.04. The van der Waals surface area contributed by atoms with Crippen LogP contribution in [0.25, 0.3) is 22.2 Å². The molecule has 7 N–H and O–H groups in total. The maximum atomic E-state index is 14.8. The van der Waals surface area contributed by atoms with Crippen molar-refractivity contribution in [2.75, 3.05) is 18.9 Å². The molecule has 7 heterocycles. The van der Waals surface area contributed by atoms with Gasteiger partial charge in [-0.15, -0.1) is 0 Å². The predicted octanol–water partition coefficient (Wildman–Crippen LogP) is -0.948. The standard InChI is InChI=1S/C21H25FN8O12P2S/c22-7-1-29(17-10(7)19(33)27-5-25-17)21-15-12(31)8(39-21)2-37-43(34,35)41-14-9(3-38-44(36,45)42-15)40-20(13(14)32)30-6-28-11-16(23)24-4-26-18(11)30/h1,4-6,8-9,12-15,20-21,31-32,36,44-45H,2-3H2,(H,34,35)(H2,23,24,26)(H,25,27,33)/t8-,9-,12-,13-,14-,15-,20-,21-/m1/s1. The number of aliphatic hydroxyl groups is 2. The Morgan fingerprint density at radius 2 is 1.84 bits per heavy atom. The van der Waals surface area contributed by atoms with Crippen molar-refractivity contribution in [3.05, 3.63) is 41.3 Å². The zero-order valence-corrected chi connectivity index (χ0v) is 25.2. The van der Waals surface area contributed by atoms with E-state index in [9.17, 15) is 33.7 Å². The van der Waals surface area contributed by atoms with Gasteiger partial charge in [-0.3, -0.25) is 0 Å². The van der Waals surface area contributed by atoms with Crippen molar-refractivity contribution in [2.24, 2.45) is 0 Å². The third-order valence-corrected chi connectivity index (χ3v) is 10.3. The van der Waals surface area contributed by atoms with Gasteiger partial charge in [-0.2, -0.15) is 0 Å². The van der Waals surface area contributed by atoms with E-state index in [1.165, 1.54) is 17.2 Å². The molecule has 45 heavy (non-hydrogen) atoms. The Bertz CT molecular complexity index is 1880. The molecule has 0 radical (unpaired) electrons. The van der Waals surface area contributed by atoms with Crippen molar-refractivity contribution >= 4 is 55.2 Å². The topological polar surface area (TPSA) is 274 Å². The molecular formula is C21H25FN8O12P2S. The minimum absolute atomic E-state index is 0.0560. The number of hydrogen-bond acceptors (Lipinski definition) is 17. The van der Waals surface area contributed by atoms with Crippen molar-refractivity contribution in [3.8, 4) is 0 Å². The first-order valence-corrected chi connectivity index (χ1v) is 17.6. The number of fused-ring (bicyclic) bond motifs is 5. The Hall–Kier alpha value is -2.69. The summed E-state index contributed by atoms with van der Waals surface area (Å²) in [6.45, 7) is -1.40. The molecular weight excluding hydrogens is 669 g/mol. The van der Waals surface area contributed by atoms with Gasteiger partial charge in [0.1, 0.15) is 0 Å². The van der Waals surface area contributed by atoms with Crippen LogP contribution < -0.4 is 11.3 Å². The number of ether oxygens (including phenoxy) is 2. The van der Waals surface area contributed by atoms with Crippen LogP contribution in [0.3, 0.4) is 0 Å². The van der Waals surface area contributed by atoms with E-state index >= 15 is 0 Å². The average Bonchev–Trinajstić information content (AvgIpc) is 3.71. The summed E-state index contributed by atoms with van der Waals surface area (Å²) in [5, 5.41) is 21.8. The average molecular weight is 694 g/mol. The molecule has 3 aliphatic heterocycles. The first-order chi connectivity index (χ1) is 21.3. The Morgan fingerprint density at radius 3 is 2.64 bits per heavy atom. The number of nitrogens with two attached hydrogens (primary N) is 1. The van der Waals surface area contributed by atoms with Crippen LogP contribution in [0.4, 0.5) is 10.2 Å². The van der Waals surface area contributed by atoms with Crippen LogP contribution in [0.1, 0.15) is 12.5 Å². The molecule has 0 spiro atoms. The van der Waals surface area contributed by atoms with E-state index in [2.05, 4.69) is 37.2 Å². The number of halogens is 1. The SMILES string of the molecule is Nc1ncnc2c1ncn2[C@@H]1O[C@@H]2CO[PH](O)(S)O[C@@H]3[C@H](O)[C@@H](COP(=O)(O)O[C@H]2[C@H]1O)O[C@H]3n1cc(F)c2c(=O)[nH]cnc21. The Morgan fingerprint density at radius 1 is 1.07 bits per heavy atom. The second kappa shape index (κ2) is 11.2. The number of hydrogen-bond donors (Lipinski definition) is 7. The van der Waals surface area contributed by atoms with Crippen LogP contribution in [-0.4, -0.2) is 104 Å². The van der Waals surface area contributed by atoms with E-state index in [4.69, 9.17) is 33.3 Å². The fraction of sp³-hybridized carbons (Fsp3) is 0.476. The number of anilines is 1. The third-order valence-electron chi connectivity index (χ3n) is 7.51. The van der Waals surface area contributed by atoms with E-state index < -0.39 is 94.0 Å². The molecule has 0 aliphatic carbocycles. The van der Waals surface area contributed by atoms with Gasteiger partial charge in [0.05, 0.1) is 0 Å². The zero-order valence-electron chi connectivity index (χ0n) is 22.4. The second-order valence-corrected chi connectivity index (χ2v) is 15.0. The first-order valence-electron chi connectivity index (χ1n) is 13.1. The molecule has 0 saturated carbocycles. The Balaban J connectivity index is 1.21. The van der Waals surface area contributed by atoms with Gasteiger partial charge in [0.2, 0.25) is 0 Å². The second-order valence-electron chi connectivity index (χ2n) is 10.3. The van der Waals surface area contributed by atoms with Gasteiger partial charge in [-0.25, -0.2) is 0 Å². The number of rotatable bonds is 2. The predicted molar refractivity (Wildman–Crippen MR) is 151 cm³/mol. The number of aromatic nitrogens is 7. The summed E-state index contributed by atoms with van der Waals surface area (Å²) in [6.07, 6.45) is -7.66. The van der Waals surface area contributed by atoms with Crippen LogP contribution in [0, 0.1) is 5.82 Å². The molecule has 4 aromatic heterocycles. The van der Waals surface area contributed by atoms with Gasteiger partial charge in [0.25, 0.3) is 0 Å². The maximum absolute atomic E-state index is 14.8. The number of aliphatic hydroxyl groups excluding tert-OH is 2. The van der Waals surface area contributed by atoms with E-state index in [0.717, 1.165) is 17.1 Å². The van der Waals surface area contributed by atoms with E-state index in [-0.39, 0.29) is 22.6 Å². The number of nitrogen functional groups attached to an aromatic ring is 1. The van der Waals surface area contributed by atoms with Crippen molar-refractivity contribution in [3.63, 3.8) is 0 Å². The van der Waals surface area contributed by atoms with Gasteiger partial charge in [-0.1, -0.05) is 0 Å². The van der Waals surface area contributed by atoms with Crippen molar-refractivity contribution in [1.82, 2.24) is 34.1 Å². The Labute approximate surface area is 255 Å². The number of nitrogens with one attached hydrogen (secondary N) is 1. The molecule has 3 aliphatic rings. The van der Waals surface area contributed by atoms with Crippen molar-refractivity contribution < 1.29 is 56.5 Å². The number of nitrogens with zero attached hydrogens (tertiary/aromatic N) is 6. The quantitative estimate of drug-likeness (QED) is 0.0984. The Kier molecular flexibility index (Phi) is 7.72. The molecule has 7 rings (SSSR count). The summed E-state index contributed by atoms with van der Waals surface area (Å²) in [5.74, 6) is -0.911. The molecule has 20 nitrogen and oxygen atoms in total. The van der Waals surface area contributed by atoms with Gasteiger partial charge >= 0.3 is 255 Å². The summed E-state index contributed by atoms with van der Waals surface area (Å²) in [7, 11) is -9.61. The molecule has 0 aromatic carbocycles. The monoisotopic (exact) mass is 694 g/mol. The van der Waals surface area contributed by atoms with Crippen LogP contribution >= 0.6 is 27.2 Å². The molecule has 1 unspecified atom stereocenters. The summed E-state index contributed by atoms with van der Waals surface area (Å²) in [4.78, 5) is 52.3. The molecule has 244 valence electrons. The molecule has 3 saturated heterocycles. The van der Waals surface area contributed by atoms with Crippen molar-refractivity contribution in [2.45, 2.75) is 49.1 Å². The van der Waals surface area contributed by atoms with Crippen molar-refractivity contribution in [1.29, 1.82) is 0 Å². The fourth-order valence-corrected chi connectivity index (χ4v) is 8.09.